The highest BCUT2D eigenvalue weighted by molar-refractivity contribution is 7.54. The van der Waals surface area contributed by atoms with Crippen LogP contribution in [-0.4, -0.2) is 25.5 Å². The molecule has 0 saturated heterocycles. The molecule has 5 heteroatoms. The minimum absolute atomic E-state index is 0.179. The van der Waals surface area contributed by atoms with Gasteiger partial charge in [-0.05, 0) is 32.7 Å². The molecule has 0 amide bonds. The van der Waals surface area contributed by atoms with Gasteiger partial charge in [0.2, 0.25) is 0 Å². The summed E-state index contributed by atoms with van der Waals surface area (Å²) in [6, 6.07) is 0. The Morgan fingerprint density at radius 3 is 2.05 bits per heavy atom. The Morgan fingerprint density at radius 1 is 1.05 bits per heavy atom. The van der Waals surface area contributed by atoms with Gasteiger partial charge >= 0.3 is 7.60 Å². The molecule has 1 N–H and O–H groups in total. The summed E-state index contributed by atoms with van der Waals surface area (Å²) in [5, 5.41) is 3.38. The summed E-state index contributed by atoms with van der Waals surface area (Å²) in [7, 11) is -3.04. The zero-order valence-electron chi connectivity index (χ0n) is 13.3. The van der Waals surface area contributed by atoms with Crippen molar-refractivity contribution in [1.29, 1.82) is 0 Å². The van der Waals surface area contributed by atoms with Crippen LogP contribution in [0.2, 0.25) is 0 Å². The van der Waals surface area contributed by atoms with Gasteiger partial charge in [-0.25, -0.2) is 0 Å². The van der Waals surface area contributed by atoms with Crippen LogP contribution >= 0.6 is 7.60 Å². The van der Waals surface area contributed by atoms with Gasteiger partial charge in [0, 0.05) is 0 Å². The fraction of sp³-hybridized carbons (Fsp3) is 1.00. The number of unbranched alkanes of at least 4 members (excludes halogenated alkanes) is 2. The van der Waals surface area contributed by atoms with Crippen molar-refractivity contribution in [2.24, 2.45) is 5.92 Å². The SMILES string of the molecule is CCCCCC(NCC(C)C)P(=O)(OCC)OCC. The summed E-state index contributed by atoms with van der Waals surface area (Å²) >= 11 is 0. The van der Waals surface area contributed by atoms with E-state index in [0.717, 1.165) is 32.2 Å². The second-order valence-corrected chi connectivity index (χ2v) is 7.41. The molecule has 0 saturated carbocycles. The third-order valence-electron chi connectivity index (χ3n) is 2.84. The average molecular weight is 293 g/mol. The Hall–Kier alpha value is 0.110. The molecule has 0 bridgehead atoms. The summed E-state index contributed by atoms with van der Waals surface area (Å²) in [5.41, 5.74) is 0. The Kier molecular flexibility index (Phi) is 10.9. The lowest BCUT2D eigenvalue weighted by atomic mass is 10.2. The number of rotatable bonds is 12. The first-order valence-corrected chi connectivity index (χ1v) is 9.23. The van der Waals surface area contributed by atoms with Crippen LogP contribution in [0.1, 0.15) is 60.3 Å². The molecule has 1 atom stereocenters. The molecule has 0 rings (SSSR count). The fourth-order valence-corrected chi connectivity index (χ4v) is 3.89. The second kappa shape index (κ2) is 10.8. The van der Waals surface area contributed by atoms with E-state index in [1.165, 1.54) is 0 Å². The first-order chi connectivity index (χ1) is 9.00. The lowest BCUT2D eigenvalue weighted by Gasteiger charge is -2.28. The summed E-state index contributed by atoms with van der Waals surface area (Å²) in [6.07, 6.45) is 4.21. The van der Waals surface area contributed by atoms with Crippen LogP contribution < -0.4 is 5.32 Å². The van der Waals surface area contributed by atoms with Crippen LogP contribution in [0.3, 0.4) is 0 Å². The molecule has 0 radical (unpaired) electrons. The van der Waals surface area contributed by atoms with E-state index < -0.39 is 7.60 Å². The summed E-state index contributed by atoms with van der Waals surface area (Å²) in [6.45, 7) is 11.8. The van der Waals surface area contributed by atoms with E-state index >= 15 is 0 Å². The monoisotopic (exact) mass is 293 g/mol. The molecule has 19 heavy (non-hydrogen) atoms. The number of nitrogens with one attached hydrogen (secondary N) is 1. The summed E-state index contributed by atoms with van der Waals surface area (Å²) in [4.78, 5) is 0. The maximum Gasteiger partial charge on any atom is 0.347 e. The first-order valence-electron chi connectivity index (χ1n) is 7.62. The van der Waals surface area contributed by atoms with Gasteiger partial charge in [-0.1, -0.05) is 40.0 Å². The van der Waals surface area contributed by atoms with E-state index in [1.54, 1.807) is 0 Å². The van der Waals surface area contributed by atoms with Crippen LogP contribution in [0, 0.1) is 5.92 Å². The lowest BCUT2D eigenvalue weighted by Crippen LogP contribution is -2.33. The molecule has 0 aliphatic heterocycles. The van der Waals surface area contributed by atoms with E-state index in [2.05, 4.69) is 26.1 Å². The normalized spacial score (nSPS) is 14.0. The molecule has 4 nitrogen and oxygen atoms in total. The van der Waals surface area contributed by atoms with Crippen molar-refractivity contribution < 1.29 is 13.6 Å². The summed E-state index contributed by atoms with van der Waals surface area (Å²) in [5.74, 6) is 0.340. The summed E-state index contributed by atoms with van der Waals surface area (Å²) < 4.78 is 23.7. The molecule has 0 aromatic rings. The molecule has 0 aromatic heterocycles. The topological polar surface area (TPSA) is 47.6 Å². The molecule has 0 aliphatic carbocycles. The van der Waals surface area contributed by atoms with E-state index in [1.807, 2.05) is 13.8 Å². The molecule has 0 fully saturated rings. The molecule has 0 aromatic carbocycles. The van der Waals surface area contributed by atoms with Gasteiger partial charge in [0.1, 0.15) is 5.78 Å². The third kappa shape index (κ3) is 8.09. The Labute approximate surface area is 119 Å². The largest absolute Gasteiger partial charge is 0.347 e. The molecule has 0 aliphatic rings. The molecule has 116 valence electrons. The Morgan fingerprint density at radius 2 is 1.63 bits per heavy atom. The van der Waals surface area contributed by atoms with Gasteiger partial charge in [0.15, 0.2) is 0 Å². The predicted octanol–water partition coefficient (Wildman–Crippen LogP) is 4.40. The highest BCUT2D eigenvalue weighted by Crippen LogP contribution is 2.53. The van der Waals surface area contributed by atoms with Crippen molar-refractivity contribution in [1.82, 2.24) is 5.32 Å². The van der Waals surface area contributed by atoms with E-state index in [0.29, 0.717) is 19.1 Å². The fourth-order valence-electron chi connectivity index (χ4n) is 1.91. The minimum atomic E-state index is -3.04. The predicted molar refractivity (Wildman–Crippen MR) is 81.6 cm³/mol. The van der Waals surface area contributed by atoms with Gasteiger partial charge in [0.05, 0.1) is 13.2 Å². The molecular weight excluding hydrogens is 261 g/mol. The maximum atomic E-state index is 12.8. The van der Waals surface area contributed by atoms with Gasteiger partial charge in [-0.15, -0.1) is 0 Å². The van der Waals surface area contributed by atoms with Gasteiger partial charge < -0.3 is 14.4 Å². The van der Waals surface area contributed by atoms with Crippen molar-refractivity contribution in [3.8, 4) is 0 Å². The van der Waals surface area contributed by atoms with E-state index in [-0.39, 0.29) is 5.78 Å². The van der Waals surface area contributed by atoms with Crippen molar-refractivity contribution in [2.75, 3.05) is 19.8 Å². The van der Waals surface area contributed by atoms with Crippen LogP contribution in [-0.2, 0) is 13.6 Å². The molecule has 0 spiro atoms. The van der Waals surface area contributed by atoms with Crippen LogP contribution in [0.5, 0.6) is 0 Å². The lowest BCUT2D eigenvalue weighted by molar-refractivity contribution is 0.204. The van der Waals surface area contributed by atoms with Gasteiger partial charge in [0.25, 0.3) is 0 Å². The Balaban J connectivity index is 4.66. The van der Waals surface area contributed by atoms with Crippen LogP contribution in [0.25, 0.3) is 0 Å². The Bertz CT molecular complexity index is 249. The highest BCUT2D eigenvalue weighted by Gasteiger charge is 2.34. The molecule has 1 unspecified atom stereocenters. The van der Waals surface area contributed by atoms with Crippen molar-refractivity contribution in [2.45, 2.75) is 66.1 Å². The molecular formula is C14H32NO3P. The smallest absolute Gasteiger partial charge is 0.308 e. The van der Waals surface area contributed by atoms with Crippen molar-refractivity contribution in [3.05, 3.63) is 0 Å². The van der Waals surface area contributed by atoms with Crippen LogP contribution in [0.15, 0.2) is 0 Å². The quantitative estimate of drug-likeness (QED) is 0.428. The van der Waals surface area contributed by atoms with Gasteiger partial charge in [-0.3, -0.25) is 4.57 Å². The standard InChI is InChI=1S/C14H32NO3P/c1-6-9-10-11-14(15-12-13(4)5)19(16,17-7-2)18-8-3/h13-15H,6-12H2,1-5H3. The molecule has 0 heterocycles. The zero-order chi connectivity index (χ0) is 14.7. The first kappa shape index (κ1) is 19.1. The number of hydrogen-bond donors (Lipinski definition) is 1. The maximum absolute atomic E-state index is 12.8. The minimum Gasteiger partial charge on any atom is -0.308 e. The van der Waals surface area contributed by atoms with Crippen molar-refractivity contribution >= 4 is 7.60 Å². The zero-order valence-corrected chi connectivity index (χ0v) is 14.2. The second-order valence-electron chi connectivity index (χ2n) is 5.19. The third-order valence-corrected chi connectivity index (χ3v) is 5.28. The number of hydrogen-bond acceptors (Lipinski definition) is 4. The van der Waals surface area contributed by atoms with E-state index in [9.17, 15) is 4.57 Å². The van der Waals surface area contributed by atoms with E-state index in [4.69, 9.17) is 9.05 Å². The average Bonchev–Trinajstić information content (AvgIpc) is 2.33. The van der Waals surface area contributed by atoms with Crippen molar-refractivity contribution in [3.63, 3.8) is 0 Å². The van der Waals surface area contributed by atoms with Gasteiger partial charge in [-0.2, -0.15) is 0 Å². The van der Waals surface area contributed by atoms with Crippen LogP contribution in [0.4, 0.5) is 0 Å². The highest BCUT2D eigenvalue weighted by atomic mass is 31.2.